The molecule has 1 amide bonds. The second-order valence-corrected chi connectivity index (χ2v) is 5.13. The van der Waals surface area contributed by atoms with Gasteiger partial charge in [0.2, 0.25) is 0 Å². The Bertz CT molecular complexity index is 433. The lowest BCUT2D eigenvalue weighted by Crippen LogP contribution is -2.36. The molecular formula is C13H17ClN2O. The zero-order valence-corrected chi connectivity index (χ0v) is 10.6. The average Bonchev–Trinajstić information content (AvgIpc) is 2.68. The van der Waals surface area contributed by atoms with Crippen molar-refractivity contribution in [1.29, 1.82) is 0 Å². The third-order valence-electron chi connectivity index (χ3n) is 3.41. The molecule has 0 aromatic heterocycles. The summed E-state index contributed by atoms with van der Waals surface area (Å²) in [5, 5.41) is 3.48. The monoisotopic (exact) mass is 252 g/mol. The second kappa shape index (κ2) is 4.96. The summed E-state index contributed by atoms with van der Waals surface area (Å²) < 4.78 is 0. The van der Waals surface area contributed by atoms with Gasteiger partial charge in [-0.25, -0.2) is 0 Å². The summed E-state index contributed by atoms with van der Waals surface area (Å²) in [5.41, 5.74) is 6.68. The van der Waals surface area contributed by atoms with Crippen LogP contribution in [0.1, 0.15) is 36.5 Å². The molecule has 0 radical (unpaired) electrons. The van der Waals surface area contributed by atoms with Gasteiger partial charge in [-0.1, -0.05) is 24.9 Å². The first-order chi connectivity index (χ1) is 8.08. The number of benzene rings is 1. The largest absolute Gasteiger partial charge is 0.399 e. The summed E-state index contributed by atoms with van der Waals surface area (Å²) in [6.45, 7) is 2.17. The van der Waals surface area contributed by atoms with Crippen LogP contribution in [0.15, 0.2) is 18.2 Å². The van der Waals surface area contributed by atoms with Crippen molar-refractivity contribution < 1.29 is 4.79 Å². The van der Waals surface area contributed by atoms with E-state index in [-0.39, 0.29) is 11.9 Å². The Morgan fingerprint density at radius 3 is 2.88 bits per heavy atom. The van der Waals surface area contributed by atoms with Gasteiger partial charge in [0, 0.05) is 11.7 Å². The van der Waals surface area contributed by atoms with Gasteiger partial charge < -0.3 is 11.1 Å². The lowest BCUT2D eigenvalue weighted by atomic mass is 10.1. The van der Waals surface area contributed by atoms with Gasteiger partial charge in [-0.2, -0.15) is 0 Å². The minimum absolute atomic E-state index is 0.124. The second-order valence-electron chi connectivity index (χ2n) is 4.73. The van der Waals surface area contributed by atoms with E-state index in [1.807, 2.05) is 0 Å². The molecule has 2 unspecified atom stereocenters. The summed E-state index contributed by atoms with van der Waals surface area (Å²) in [7, 11) is 0. The molecule has 2 rings (SSSR count). The topological polar surface area (TPSA) is 55.1 Å². The number of carbonyl (C=O) groups excluding carboxylic acids is 1. The number of rotatable bonds is 2. The van der Waals surface area contributed by atoms with Gasteiger partial charge in [-0.3, -0.25) is 4.79 Å². The summed E-state index contributed by atoms with van der Waals surface area (Å²) >= 11 is 6.00. The number of hydrogen-bond donors (Lipinski definition) is 2. The normalized spacial score (nSPS) is 23.6. The lowest BCUT2D eigenvalue weighted by Gasteiger charge is -2.17. The average molecular weight is 253 g/mol. The maximum Gasteiger partial charge on any atom is 0.253 e. The number of nitrogen functional groups attached to an aromatic ring is 1. The number of carbonyl (C=O) groups is 1. The van der Waals surface area contributed by atoms with Crippen LogP contribution >= 0.6 is 11.6 Å². The summed E-state index contributed by atoms with van der Waals surface area (Å²) in [4.78, 5) is 12.1. The molecule has 1 aromatic carbocycles. The highest BCUT2D eigenvalue weighted by molar-refractivity contribution is 6.34. The van der Waals surface area contributed by atoms with Crippen LogP contribution in [0, 0.1) is 5.92 Å². The fraction of sp³-hybridized carbons (Fsp3) is 0.462. The van der Waals surface area contributed by atoms with E-state index in [2.05, 4.69) is 12.2 Å². The van der Waals surface area contributed by atoms with Crippen LogP contribution in [0.2, 0.25) is 5.02 Å². The standard InChI is InChI=1S/C13H17ClN2O/c1-8-3-2-4-12(8)16-13(17)10-7-9(15)5-6-11(10)14/h5-8,12H,2-4,15H2,1H3,(H,16,17). The van der Waals surface area contributed by atoms with Gasteiger partial charge in [0.1, 0.15) is 0 Å². The lowest BCUT2D eigenvalue weighted by molar-refractivity contribution is 0.0930. The molecule has 0 aliphatic heterocycles. The first kappa shape index (κ1) is 12.2. The van der Waals surface area contributed by atoms with Gasteiger partial charge in [0.05, 0.1) is 10.6 Å². The van der Waals surface area contributed by atoms with Crippen LogP contribution in [0.5, 0.6) is 0 Å². The van der Waals surface area contributed by atoms with Crippen molar-refractivity contribution in [3.8, 4) is 0 Å². The van der Waals surface area contributed by atoms with E-state index in [1.165, 1.54) is 12.8 Å². The highest BCUT2D eigenvalue weighted by Gasteiger charge is 2.25. The van der Waals surface area contributed by atoms with Crippen molar-refractivity contribution in [2.45, 2.75) is 32.2 Å². The maximum absolute atomic E-state index is 12.1. The molecule has 1 fully saturated rings. The van der Waals surface area contributed by atoms with Crippen LogP contribution in [-0.2, 0) is 0 Å². The quantitative estimate of drug-likeness (QED) is 0.796. The Kier molecular flexibility index (Phi) is 3.57. The number of amides is 1. The van der Waals surface area contributed by atoms with Gasteiger partial charge in [-0.05, 0) is 37.0 Å². The van der Waals surface area contributed by atoms with E-state index in [0.29, 0.717) is 22.2 Å². The van der Waals surface area contributed by atoms with Crippen LogP contribution in [0.3, 0.4) is 0 Å². The van der Waals surface area contributed by atoms with E-state index < -0.39 is 0 Å². The minimum atomic E-state index is -0.124. The summed E-state index contributed by atoms with van der Waals surface area (Å²) in [6.07, 6.45) is 3.40. The molecule has 3 nitrogen and oxygen atoms in total. The molecule has 0 bridgehead atoms. The van der Waals surface area contributed by atoms with Gasteiger partial charge in [-0.15, -0.1) is 0 Å². The Hall–Kier alpha value is -1.22. The molecule has 0 spiro atoms. The Morgan fingerprint density at radius 2 is 2.24 bits per heavy atom. The first-order valence-corrected chi connectivity index (χ1v) is 6.31. The van der Waals surface area contributed by atoms with Gasteiger partial charge in [0.25, 0.3) is 5.91 Å². The number of nitrogens with one attached hydrogen (secondary N) is 1. The molecular weight excluding hydrogens is 236 g/mol. The molecule has 3 N–H and O–H groups in total. The Morgan fingerprint density at radius 1 is 1.47 bits per heavy atom. The molecule has 2 atom stereocenters. The SMILES string of the molecule is CC1CCCC1NC(=O)c1cc(N)ccc1Cl. The van der Waals surface area contributed by atoms with Crippen LogP contribution in [0.25, 0.3) is 0 Å². The van der Waals surface area contributed by atoms with Crippen LogP contribution < -0.4 is 11.1 Å². The fourth-order valence-electron chi connectivity index (χ4n) is 2.32. The number of hydrogen-bond acceptors (Lipinski definition) is 2. The van der Waals surface area contributed by atoms with E-state index in [9.17, 15) is 4.79 Å². The van der Waals surface area contributed by atoms with Gasteiger partial charge in [0.15, 0.2) is 0 Å². The van der Waals surface area contributed by atoms with E-state index in [4.69, 9.17) is 17.3 Å². The summed E-state index contributed by atoms with van der Waals surface area (Å²) in [6, 6.07) is 5.23. The molecule has 17 heavy (non-hydrogen) atoms. The van der Waals surface area contributed by atoms with Crippen molar-refractivity contribution in [1.82, 2.24) is 5.32 Å². The predicted molar refractivity (Wildman–Crippen MR) is 70.1 cm³/mol. The summed E-state index contributed by atoms with van der Waals surface area (Å²) in [5.74, 6) is 0.417. The smallest absolute Gasteiger partial charge is 0.253 e. The Labute approximate surface area is 106 Å². The van der Waals surface area contributed by atoms with Crippen molar-refractivity contribution in [2.75, 3.05) is 5.73 Å². The molecule has 1 aliphatic carbocycles. The first-order valence-electron chi connectivity index (χ1n) is 5.94. The molecule has 0 heterocycles. The fourth-order valence-corrected chi connectivity index (χ4v) is 2.53. The Balaban J connectivity index is 2.11. The van der Waals surface area contributed by atoms with Crippen molar-refractivity contribution in [3.63, 3.8) is 0 Å². The third kappa shape index (κ3) is 2.72. The zero-order chi connectivity index (χ0) is 12.4. The van der Waals surface area contributed by atoms with Crippen LogP contribution in [0.4, 0.5) is 5.69 Å². The van der Waals surface area contributed by atoms with E-state index >= 15 is 0 Å². The van der Waals surface area contributed by atoms with Crippen LogP contribution in [-0.4, -0.2) is 11.9 Å². The van der Waals surface area contributed by atoms with Gasteiger partial charge >= 0.3 is 0 Å². The molecule has 1 saturated carbocycles. The minimum Gasteiger partial charge on any atom is -0.399 e. The van der Waals surface area contributed by atoms with Crippen molar-refractivity contribution in [2.24, 2.45) is 5.92 Å². The molecule has 1 aromatic rings. The molecule has 0 saturated heterocycles. The van der Waals surface area contributed by atoms with Crippen molar-refractivity contribution >= 4 is 23.2 Å². The molecule has 4 heteroatoms. The van der Waals surface area contributed by atoms with E-state index in [0.717, 1.165) is 6.42 Å². The predicted octanol–water partition coefficient (Wildman–Crippen LogP) is 2.84. The highest BCUT2D eigenvalue weighted by Crippen LogP contribution is 2.26. The number of anilines is 1. The maximum atomic E-state index is 12.1. The third-order valence-corrected chi connectivity index (χ3v) is 3.74. The molecule has 92 valence electrons. The van der Waals surface area contributed by atoms with Crippen molar-refractivity contribution in [3.05, 3.63) is 28.8 Å². The number of nitrogens with two attached hydrogens (primary N) is 1. The number of halogens is 1. The highest BCUT2D eigenvalue weighted by atomic mass is 35.5. The van der Waals surface area contributed by atoms with E-state index in [1.54, 1.807) is 18.2 Å². The zero-order valence-electron chi connectivity index (χ0n) is 9.87. The molecule has 1 aliphatic rings.